The third-order valence-electron chi connectivity index (χ3n) is 2.20. The highest BCUT2D eigenvalue weighted by Crippen LogP contribution is 2.38. The number of carboxylic acids is 1. The monoisotopic (exact) mass is 267 g/mol. The molecular weight excluding hydrogens is 259 g/mol. The fraction of sp³-hybridized carbons (Fsp3) is 0.300. The van der Waals surface area contributed by atoms with Gasteiger partial charge in [-0.25, -0.2) is 0 Å². The summed E-state index contributed by atoms with van der Waals surface area (Å²) in [5.74, 6) is -3.61. The number of rotatable bonds is 3. The first kappa shape index (κ1) is 13.6. The number of nitrogen functional groups attached to an aromatic ring is 1. The van der Waals surface area contributed by atoms with Gasteiger partial charge in [0.15, 0.2) is 0 Å². The van der Waals surface area contributed by atoms with Crippen LogP contribution >= 0.6 is 11.6 Å². The lowest BCUT2D eigenvalue weighted by molar-refractivity contribution is -0.163. The van der Waals surface area contributed by atoms with E-state index in [0.717, 1.165) is 12.1 Å². The van der Waals surface area contributed by atoms with Crippen molar-refractivity contribution in [2.75, 3.05) is 5.73 Å². The molecule has 0 aliphatic heterocycles. The molecule has 0 aliphatic rings. The number of alkyl halides is 3. The van der Waals surface area contributed by atoms with E-state index in [1.165, 1.54) is 6.07 Å². The van der Waals surface area contributed by atoms with Crippen molar-refractivity contribution in [1.29, 1.82) is 0 Å². The number of halogens is 4. The highest BCUT2D eigenvalue weighted by Gasteiger charge is 2.42. The van der Waals surface area contributed by atoms with E-state index in [0.29, 0.717) is 0 Å². The molecule has 1 atom stereocenters. The van der Waals surface area contributed by atoms with Crippen molar-refractivity contribution in [3.05, 3.63) is 28.8 Å². The molecule has 3 nitrogen and oxygen atoms in total. The van der Waals surface area contributed by atoms with Crippen LogP contribution in [0.1, 0.15) is 17.9 Å². The van der Waals surface area contributed by atoms with Crippen molar-refractivity contribution in [2.45, 2.75) is 18.5 Å². The summed E-state index contributed by atoms with van der Waals surface area (Å²) in [6, 6.07) is 3.38. The van der Waals surface area contributed by atoms with Crippen molar-refractivity contribution in [3.63, 3.8) is 0 Å². The van der Waals surface area contributed by atoms with Gasteiger partial charge in [0.2, 0.25) is 0 Å². The molecule has 0 saturated heterocycles. The van der Waals surface area contributed by atoms with Crippen molar-refractivity contribution < 1.29 is 23.1 Å². The van der Waals surface area contributed by atoms with E-state index in [2.05, 4.69) is 0 Å². The van der Waals surface area contributed by atoms with E-state index in [1.807, 2.05) is 0 Å². The molecule has 1 aromatic carbocycles. The Hall–Kier alpha value is -1.43. The van der Waals surface area contributed by atoms with Crippen LogP contribution in [0.4, 0.5) is 18.9 Å². The summed E-state index contributed by atoms with van der Waals surface area (Å²) in [7, 11) is 0. The van der Waals surface area contributed by atoms with Crippen LogP contribution in [0, 0.1) is 0 Å². The molecule has 1 aromatic rings. The second kappa shape index (κ2) is 4.83. The molecule has 0 heterocycles. The molecule has 0 saturated carbocycles. The number of anilines is 1. The van der Waals surface area contributed by atoms with Crippen LogP contribution in [0.15, 0.2) is 18.2 Å². The third-order valence-corrected chi connectivity index (χ3v) is 2.54. The van der Waals surface area contributed by atoms with E-state index >= 15 is 0 Å². The Labute approximate surface area is 100.0 Å². The molecule has 17 heavy (non-hydrogen) atoms. The molecule has 0 aromatic heterocycles. The van der Waals surface area contributed by atoms with Gasteiger partial charge in [-0.15, -0.1) is 0 Å². The zero-order valence-corrected chi connectivity index (χ0v) is 9.22. The molecule has 0 amide bonds. The summed E-state index contributed by atoms with van der Waals surface area (Å²) >= 11 is 5.58. The lowest BCUT2D eigenvalue weighted by Crippen LogP contribution is -2.23. The number of hydrogen-bond donors (Lipinski definition) is 2. The Morgan fingerprint density at radius 1 is 1.47 bits per heavy atom. The average molecular weight is 268 g/mol. The highest BCUT2D eigenvalue weighted by molar-refractivity contribution is 6.33. The molecular formula is C10H9ClF3NO2. The lowest BCUT2D eigenvalue weighted by Gasteiger charge is -2.19. The van der Waals surface area contributed by atoms with Crippen molar-refractivity contribution in [3.8, 4) is 0 Å². The predicted molar refractivity (Wildman–Crippen MR) is 56.9 cm³/mol. The van der Waals surface area contributed by atoms with Crippen LogP contribution < -0.4 is 5.73 Å². The van der Waals surface area contributed by atoms with Crippen LogP contribution in [0.2, 0.25) is 5.02 Å². The van der Waals surface area contributed by atoms with Crippen molar-refractivity contribution in [2.24, 2.45) is 0 Å². The summed E-state index contributed by atoms with van der Waals surface area (Å²) in [6.45, 7) is 0. The minimum absolute atomic E-state index is 0.0104. The van der Waals surface area contributed by atoms with Gasteiger partial charge < -0.3 is 10.8 Å². The zero-order chi connectivity index (χ0) is 13.2. The summed E-state index contributed by atoms with van der Waals surface area (Å²) in [5, 5.41) is 8.60. The maximum absolute atomic E-state index is 12.7. The van der Waals surface area contributed by atoms with Crippen molar-refractivity contribution in [1.82, 2.24) is 0 Å². The molecule has 1 rings (SSSR count). The van der Waals surface area contributed by atoms with Gasteiger partial charge in [-0.05, 0) is 17.7 Å². The van der Waals surface area contributed by atoms with Gasteiger partial charge >= 0.3 is 12.1 Å². The summed E-state index contributed by atoms with van der Waals surface area (Å²) in [4.78, 5) is 10.4. The van der Waals surface area contributed by atoms with Crippen LogP contribution in [0.25, 0.3) is 0 Å². The van der Waals surface area contributed by atoms with Gasteiger partial charge in [-0.3, -0.25) is 4.79 Å². The van der Waals surface area contributed by atoms with Gasteiger partial charge in [0.25, 0.3) is 0 Å². The predicted octanol–water partition coefficient (Wildman–Crippen LogP) is 3.04. The van der Waals surface area contributed by atoms with Gasteiger partial charge in [-0.1, -0.05) is 17.7 Å². The van der Waals surface area contributed by atoms with E-state index in [1.54, 1.807) is 0 Å². The van der Waals surface area contributed by atoms with Gasteiger partial charge in [0, 0.05) is 0 Å². The highest BCUT2D eigenvalue weighted by atomic mass is 35.5. The number of aliphatic carboxylic acids is 1. The average Bonchev–Trinajstić information content (AvgIpc) is 2.17. The van der Waals surface area contributed by atoms with E-state index in [4.69, 9.17) is 22.4 Å². The summed E-state index contributed by atoms with van der Waals surface area (Å²) in [5.41, 5.74) is 5.17. The minimum atomic E-state index is -4.64. The zero-order valence-electron chi connectivity index (χ0n) is 8.46. The Bertz CT molecular complexity index is 434. The van der Waals surface area contributed by atoms with Gasteiger partial charge in [0.1, 0.15) is 0 Å². The summed E-state index contributed by atoms with van der Waals surface area (Å²) in [6.07, 6.45) is -5.68. The second-order valence-corrected chi connectivity index (χ2v) is 3.88. The second-order valence-electron chi connectivity index (χ2n) is 3.47. The smallest absolute Gasteiger partial charge is 0.396 e. The largest absolute Gasteiger partial charge is 0.481 e. The third kappa shape index (κ3) is 3.52. The SMILES string of the molecule is Nc1cc([C@H](CC(=O)O)C(F)(F)F)ccc1Cl. The van der Waals surface area contributed by atoms with Crippen LogP contribution in [0.5, 0.6) is 0 Å². The minimum Gasteiger partial charge on any atom is -0.481 e. The Balaban J connectivity index is 3.13. The fourth-order valence-corrected chi connectivity index (χ4v) is 1.49. The first-order valence-electron chi connectivity index (χ1n) is 4.55. The number of carbonyl (C=O) groups is 1. The Morgan fingerprint density at radius 3 is 2.47 bits per heavy atom. The van der Waals surface area contributed by atoms with Gasteiger partial charge in [-0.2, -0.15) is 13.2 Å². The van der Waals surface area contributed by atoms with Gasteiger partial charge in [0.05, 0.1) is 23.0 Å². The van der Waals surface area contributed by atoms with E-state index < -0.39 is 24.5 Å². The van der Waals surface area contributed by atoms with Crippen LogP contribution in [0.3, 0.4) is 0 Å². The molecule has 94 valence electrons. The first-order valence-corrected chi connectivity index (χ1v) is 4.93. The molecule has 0 spiro atoms. The van der Waals surface area contributed by atoms with E-state index in [9.17, 15) is 18.0 Å². The molecule has 0 radical (unpaired) electrons. The normalized spacial score (nSPS) is 13.4. The van der Waals surface area contributed by atoms with E-state index in [-0.39, 0.29) is 16.3 Å². The maximum Gasteiger partial charge on any atom is 0.396 e. The first-order chi connectivity index (χ1) is 7.71. The lowest BCUT2D eigenvalue weighted by atomic mass is 9.95. The molecule has 0 unspecified atom stereocenters. The Morgan fingerprint density at radius 2 is 2.06 bits per heavy atom. The standard InChI is InChI=1S/C10H9ClF3NO2/c11-7-2-1-5(3-8(7)15)6(4-9(16)17)10(12,13)14/h1-3,6H,4,15H2,(H,16,17)/t6-/m0/s1. The quantitative estimate of drug-likeness (QED) is 0.828. The van der Waals surface area contributed by atoms with Crippen LogP contribution in [-0.2, 0) is 4.79 Å². The number of carboxylic acid groups (broad SMARTS) is 1. The Kier molecular flexibility index (Phi) is 3.87. The topological polar surface area (TPSA) is 63.3 Å². The molecule has 3 N–H and O–H groups in total. The molecule has 0 fully saturated rings. The number of hydrogen-bond acceptors (Lipinski definition) is 2. The maximum atomic E-state index is 12.7. The van der Waals surface area contributed by atoms with Crippen molar-refractivity contribution >= 4 is 23.3 Å². The summed E-state index contributed by atoms with van der Waals surface area (Å²) < 4.78 is 38.0. The number of nitrogens with two attached hydrogens (primary N) is 1. The fourth-order valence-electron chi connectivity index (χ4n) is 1.38. The molecule has 0 aliphatic carbocycles. The van der Waals surface area contributed by atoms with Crippen LogP contribution in [-0.4, -0.2) is 17.3 Å². The molecule has 7 heteroatoms. The molecule has 0 bridgehead atoms. The number of benzene rings is 1.